The van der Waals surface area contributed by atoms with Gasteiger partial charge in [-0.3, -0.25) is 4.79 Å². The van der Waals surface area contributed by atoms with E-state index in [2.05, 4.69) is 10.0 Å². The molecule has 1 aromatic rings. The van der Waals surface area contributed by atoms with Gasteiger partial charge in [0.25, 0.3) is 5.91 Å². The summed E-state index contributed by atoms with van der Waals surface area (Å²) >= 11 is 0. The first-order valence-corrected chi connectivity index (χ1v) is 8.97. The summed E-state index contributed by atoms with van der Waals surface area (Å²) in [4.78, 5) is 14.7. The average molecular weight is 362 g/mol. The number of hydrogen-bond donors (Lipinski definition) is 2. The van der Waals surface area contributed by atoms with Gasteiger partial charge in [0.05, 0.1) is 4.90 Å². The van der Waals surface area contributed by atoms with Gasteiger partial charge in [-0.15, -0.1) is 12.4 Å². The van der Waals surface area contributed by atoms with Gasteiger partial charge in [-0.25, -0.2) is 13.1 Å². The van der Waals surface area contributed by atoms with Crippen molar-refractivity contribution < 1.29 is 13.2 Å². The molecule has 0 spiro atoms. The average Bonchev–Trinajstić information content (AvgIpc) is 2.47. The number of rotatable bonds is 4. The highest BCUT2D eigenvalue weighted by Gasteiger charge is 2.26. The zero-order valence-corrected chi connectivity index (χ0v) is 15.3. The van der Waals surface area contributed by atoms with Gasteiger partial charge in [-0.2, -0.15) is 0 Å². The van der Waals surface area contributed by atoms with Crippen LogP contribution in [0.3, 0.4) is 0 Å². The van der Waals surface area contributed by atoms with Crippen LogP contribution < -0.4 is 10.0 Å². The molecule has 1 aliphatic rings. The molecule has 1 fully saturated rings. The second-order valence-electron chi connectivity index (χ2n) is 5.53. The second-order valence-corrected chi connectivity index (χ2v) is 7.30. The maximum absolute atomic E-state index is 12.8. The molecule has 1 atom stereocenters. The van der Waals surface area contributed by atoms with E-state index >= 15 is 0 Å². The van der Waals surface area contributed by atoms with Crippen LogP contribution in [-0.2, 0) is 10.0 Å². The smallest absolute Gasteiger partial charge is 0.254 e. The van der Waals surface area contributed by atoms with Crippen molar-refractivity contribution in [2.45, 2.75) is 31.7 Å². The van der Waals surface area contributed by atoms with E-state index < -0.39 is 10.0 Å². The van der Waals surface area contributed by atoms with Gasteiger partial charge < -0.3 is 10.2 Å². The van der Waals surface area contributed by atoms with Crippen molar-refractivity contribution >= 4 is 28.3 Å². The van der Waals surface area contributed by atoms with Crippen LogP contribution in [0.15, 0.2) is 23.1 Å². The summed E-state index contributed by atoms with van der Waals surface area (Å²) in [5, 5.41) is 3.24. The summed E-state index contributed by atoms with van der Waals surface area (Å²) in [7, 11) is -3.56. The normalized spacial score (nSPS) is 18.4. The number of nitrogens with one attached hydrogen (secondary N) is 2. The molecule has 0 saturated carbocycles. The Morgan fingerprint density at radius 3 is 2.74 bits per heavy atom. The summed E-state index contributed by atoms with van der Waals surface area (Å²) < 4.78 is 26.7. The molecule has 2 N–H and O–H groups in total. The van der Waals surface area contributed by atoms with Crippen LogP contribution in [0.5, 0.6) is 0 Å². The Hall–Kier alpha value is -1.15. The zero-order chi connectivity index (χ0) is 16.3. The van der Waals surface area contributed by atoms with Gasteiger partial charge in [0, 0.05) is 37.8 Å². The Bertz CT molecular complexity index is 664. The number of aryl methyl sites for hydroxylation is 1. The summed E-state index contributed by atoms with van der Waals surface area (Å²) in [6, 6.07) is 4.79. The Morgan fingerprint density at radius 2 is 2.13 bits per heavy atom. The van der Waals surface area contributed by atoms with Crippen LogP contribution in [0.2, 0.25) is 0 Å². The molecule has 0 radical (unpaired) electrons. The Labute approximate surface area is 144 Å². The largest absolute Gasteiger partial charge is 0.333 e. The lowest BCUT2D eigenvalue weighted by Crippen LogP contribution is -2.52. The summed E-state index contributed by atoms with van der Waals surface area (Å²) in [5.41, 5.74) is 1.24. The quantitative estimate of drug-likeness (QED) is 0.843. The fourth-order valence-corrected chi connectivity index (χ4v) is 3.64. The second kappa shape index (κ2) is 8.10. The SMILES string of the molecule is CCNS(=O)(=O)c1ccc(C)c(C(=O)N2CCNC[C@@H]2C)c1.Cl. The summed E-state index contributed by atoms with van der Waals surface area (Å²) in [5.74, 6) is -0.111. The molecule has 2 rings (SSSR count). The highest BCUT2D eigenvalue weighted by atomic mass is 35.5. The number of piperazine rings is 1. The zero-order valence-electron chi connectivity index (χ0n) is 13.6. The van der Waals surface area contributed by atoms with E-state index in [9.17, 15) is 13.2 Å². The minimum atomic E-state index is -3.56. The third-order valence-electron chi connectivity index (χ3n) is 3.85. The molecule has 130 valence electrons. The van der Waals surface area contributed by atoms with Gasteiger partial charge >= 0.3 is 0 Å². The van der Waals surface area contributed by atoms with Crippen LogP contribution in [0.25, 0.3) is 0 Å². The molecular weight excluding hydrogens is 338 g/mol. The van der Waals surface area contributed by atoms with Gasteiger partial charge in [0.2, 0.25) is 10.0 Å². The molecule has 1 saturated heterocycles. The first-order valence-electron chi connectivity index (χ1n) is 7.49. The van der Waals surface area contributed by atoms with Crippen molar-refractivity contribution in [2.24, 2.45) is 0 Å². The number of carbonyl (C=O) groups is 1. The van der Waals surface area contributed by atoms with Crippen molar-refractivity contribution in [3.63, 3.8) is 0 Å². The molecule has 1 heterocycles. The molecule has 0 aromatic heterocycles. The Kier molecular flexibility index (Phi) is 7.01. The van der Waals surface area contributed by atoms with Gasteiger partial charge in [0.1, 0.15) is 0 Å². The number of sulfonamides is 1. The fraction of sp³-hybridized carbons (Fsp3) is 0.533. The first kappa shape index (κ1) is 19.9. The molecule has 6 nitrogen and oxygen atoms in total. The van der Waals surface area contributed by atoms with Crippen molar-refractivity contribution in [3.8, 4) is 0 Å². The first-order chi connectivity index (χ1) is 10.4. The van der Waals surface area contributed by atoms with E-state index in [1.807, 2.05) is 13.8 Å². The molecular formula is C15H24ClN3O3S. The summed E-state index contributed by atoms with van der Waals surface area (Å²) in [6.45, 7) is 7.98. The van der Waals surface area contributed by atoms with Crippen molar-refractivity contribution in [3.05, 3.63) is 29.3 Å². The number of amides is 1. The number of halogens is 1. The molecule has 1 aliphatic heterocycles. The van der Waals surface area contributed by atoms with Crippen LogP contribution in [0, 0.1) is 6.92 Å². The van der Waals surface area contributed by atoms with Crippen molar-refractivity contribution in [1.29, 1.82) is 0 Å². The van der Waals surface area contributed by atoms with Crippen molar-refractivity contribution in [1.82, 2.24) is 14.9 Å². The van der Waals surface area contributed by atoms with Gasteiger partial charge in [-0.1, -0.05) is 13.0 Å². The third kappa shape index (κ3) is 4.44. The van der Waals surface area contributed by atoms with E-state index in [0.29, 0.717) is 18.7 Å². The standard InChI is InChI=1S/C15H23N3O3S.ClH/c1-4-17-22(20,21)13-6-5-11(2)14(9-13)15(19)18-8-7-16-10-12(18)3;/h5-6,9,12,16-17H,4,7-8,10H2,1-3H3;1H/t12-;/m0./s1. The predicted octanol–water partition coefficient (Wildman–Crippen LogP) is 1.15. The summed E-state index contributed by atoms with van der Waals surface area (Å²) in [6.07, 6.45) is 0. The van der Waals surface area contributed by atoms with E-state index in [0.717, 1.165) is 18.7 Å². The Balaban J connectivity index is 0.00000264. The highest BCUT2D eigenvalue weighted by molar-refractivity contribution is 7.89. The lowest BCUT2D eigenvalue weighted by atomic mass is 10.1. The van der Waals surface area contributed by atoms with Crippen LogP contribution in [0.4, 0.5) is 0 Å². The molecule has 0 unspecified atom stereocenters. The van der Waals surface area contributed by atoms with Crippen LogP contribution in [0.1, 0.15) is 29.8 Å². The lowest BCUT2D eigenvalue weighted by molar-refractivity contribution is 0.0654. The number of benzene rings is 1. The third-order valence-corrected chi connectivity index (χ3v) is 5.39. The Morgan fingerprint density at radius 1 is 1.43 bits per heavy atom. The molecule has 0 aliphatic carbocycles. The fourth-order valence-electron chi connectivity index (χ4n) is 2.57. The number of nitrogens with zero attached hydrogens (tertiary/aromatic N) is 1. The number of hydrogen-bond acceptors (Lipinski definition) is 4. The maximum atomic E-state index is 12.8. The number of carbonyl (C=O) groups excluding carboxylic acids is 1. The predicted molar refractivity (Wildman–Crippen MR) is 92.7 cm³/mol. The molecule has 1 amide bonds. The molecule has 23 heavy (non-hydrogen) atoms. The molecule has 1 aromatic carbocycles. The van der Waals surface area contributed by atoms with E-state index in [-0.39, 0.29) is 29.3 Å². The maximum Gasteiger partial charge on any atom is 0.254 e. The lowest BCUT2D eigenvalue weighted by Gasteiger charge is -2.34. The van der Waals surface area contributed by atoms with Crippen LogP contribution >= 0.6 is 12.4 Å². The minimum Gasteiger partial charge on any atom is -0.333 e. The van der Waals surface area contributed by atoms with E-state index in [1.165, 1.54) is 12.1 Å². The van der Waals surface area contributed by atoms with Crippen molar-refractivity contribution in [2.75, 3.05) is 26.2 Å². The van der Waals surface area contributed by atoms with Gasteiger partial charge in [-0.05, 0) is 31.5 Å². The topological polar surface area (TPSA) is 78.5 Å². The molecule has 0 bridgehead atoms. The van der Waals surface area contributed by atoms with E-state index in [4.69, 9.17) is 0 Å². The highest BCUT2D eigenvalue weighted by Crippen LogP contribution is 2.19. The van der Waals surface area contributed by atoms with Gasteiger partial charge in [0.15, 0.2) is 0 Å². The monoisotopic (exact) mass is 361 g/mol. The minimum absolute atomic E-state index is 0. The van der Waals surface area contributed by atoms with Crippen LogP contribution in [-0.4, -0.2) is 51.4 Å². The molecule has 8 heteroatoms. The van der Waals surface area contributed by atoms with E-state index in [1.54, 1.807) is 17.9 Å².